The molecule has 0 saturated heterocycles. The summed E-state index contributed by atoms with van der Waals surface area (Å²) in [5, 5.41) is 8.97. The van der Waals surface area contributed by atoms with Crippen molar-refractivity contribution < 1.29 is 9.90 Å². The molecule has 0 bridgehead atoms. The minimum Gasteiger partial charge on any atom is -0.481 e. The van der Waals surface area contributed by atoms with Gasteiger partial charge in [0.2, 0.25) is 0 Å². The first-order chi connectivity index (χ1) is 6.72. The van der Waals surface area contributed by atoms with Crippen molar-refractivity contribution in [2.24, 2.45) is 0 Å². The maximum atomic E-state index is 10.9. The number of aromatic nitrogens is 2. The van der Waals surface area contributed by atoms with Crippen LogP contribution in [0.3, 0.4) is 0 Å². The first-order valence-electron chi connectivity index (χ1n) is 5.01. The molecule has 1 N–H and O–H groups in total. The Balaban J connectivity index is 2.27. The van der Waals surface area contributed by atoms with E-state index in [0.29, 0.717) is 6.42 Å². The van der Waals surface area contributed by atoms with Gasteiger partial charge < -0.3 is 9.67 Å². The predicted octanol–water partition coefficient (Wildman–Crippen LogP) is 1.41. The molecule has 4 heteroatoms. The molecule has 2 rings (SSSR count). The van der Waals surface area contributed by atoms with Gasteiger partial charge in [-0.15, -0.1) is 0 Å². The summed E-state index contributed by atoms with van der Waals surface area (Å²) in [4.78, 5) is 15.3. The van der Waals surface area contributed by atoms with E-state index in [0.717, 1.165) is 30.9 Å². The molecule has 0 saturated carbocycles. The molecule has 0 amide bonds. The van der Waals surface area contributed by atoms with Crippen LogP contribution in [0.15, 0.2) is 6.20 Å². The Hall–Kier alpha value is -1.32. The van der Waals surface area contributed by atoms with Gasteiger partial charge in [-0.25, -0.2) is 4.98 Å². The molecule has 1 unspecified atom stereocenters. The van der Waals surface area contributed by atoms with E-state index in [2.05, 4.69) is 9.55 Å². The summed E-state index contributed by atoms with van der Waals surface area (Å²) in [6.45, 7) is 2.86. The molecule has 1 aromatic heterocycles. The number of aliphatic carboxylic acids is 1. The van der Waals surface area contributed by atoms with Crippen LogP contribution in [0.1, 0.15) is 37.2 Å². The molecule has 1 atom stereocenters. The van der Waals surface area contributed by atoms with E-state index in [1.807, 2.05) is 13.1 Å². The Bertz CT molecular complexity index is 336. The van der Waals surface area contributed by atoms with E-state index in [4.69, 9.17) is 5.11 Å². The van der Waals surface area contributed by atoms with E-state index < -0.39 is 11.9 Å². The van der Waals surface area contributed by atoms with Gasteiger partial charge in [-0.3, -0.25) is 4.79 Å². The Morgan fingerprint density at radius 3 is 3.14 bits per heavy atom. The lowest BCUT2D eigenvalue weighted by Crippen LogP contribution is -2.11. The summed E-state index contributed by atoms with van der Waals surface area (Å²) < 4.78 is 2.07. The Morgan fingerprint density at radius 1 is 1.79 bits per heavy atom. The van der Waals surface area contributed by atoms with Crippen LogP contribution in [0.2, 0.25) is 0 Å². The molecule has 2 heterocycles. The zero-order valence-electron chi connectivity index (χ0n) is 8.23. The van der Waals surface area contributed by atoms with Crippen LogP contribution in [-0.2, 0) is 17.8 Å². The smallest absolute Gasteiger partial charge is 0.312 e. The van der Waals surface area contributed by atoms with E-state index in [-0.39, 0.29) is 0 Å². The lowest BCUT2D eigenvalue weighted by Gasteiger charge is -2.05. The quantitative estimate of drug-likeness (QED) is 0.791. The van der Waals surface area contributed by atoms with Crippen molar-refractivity contribution in [2.75, 3.05) is 0 Å². The summed E-state index contributed by atoms with van der Waals surface area (Å²) >= 11 is 0. The second kappa shape index (κ2) is 3.44. The van der Waals surface area contributed by atoms with Gasteiger partial charge in [-0.05, 0) is 12.8 Å². The molecule has 1 aliphatic heterocycles. The molecule has 76 valence electrons. The summed E-state index contributed by atoms with van der Waals surface area (Å²) in [6.07, 6.45) is 4.61. The fourth-order valence-corrected chi connectivity index (χ4v) is 1.96. The fraction of sp³-hybridized carbons (Fsp3) is 0.600. The maximum absolute atomic E-state index is 10.9. The second-order valence-electron chi connectivity index (χ2n) is 3.68. The van der Waals surface area contributed by atoms with Crippen LogP contribution in [0.4, 0.5) is 0 Å². The average Bonchev–Trinajstić information content (AvgIpc) is 2.63. The van der Waals surface area contributed by atoms with E-state index in [9.17, 15) is 4.79 Å². The van der Waals surface area contributed by atoms with Crippen LogP contribution in [0.5, 0.6) is 0 Å². The molecule has 0 spiro atoms. The minimum atomic E-state index is -0.774. The third-order valence-corrected chi connectivity index (χ3v) is 2.74. The fourth-order valence-electron chi connectivity index (χ4n) is 1.96. The Kier molecular flexibility index (Phi) is 2.27. The van der Waals surface area contributed by atoms with Gasteiger partial charge in [-0.2, -0.15) is 0 Å². The van der Waals surface area contributed by atoms with Crippen LogP contribution in [0.25, 0.3) is 0 Å². The van der Waals surface area contributed by atoms with Gasteiger partial charge in [0.05, 0.1) is 5.69 Å². The largest absolute Gasteiger partial charge is 0.481 e. The lowest BCUT2D eigenvalue weighted by atomic mass is 10.0. The second-order valence-corrected chi connectivity index (χ2v) is 3.68. The summed E-state index contributed by atoms with van der Waals surface area (Å²) in [5.74, 6) is -0.169. The highest BCUT2D eigenvalue weighted by Crippen LogP contribution is 2.22. The van der Waals surface area contributed by atoms with Crippen LogP contribution < -0.4 is 0 Å². The van der Waals surface area contributed by atoms with Crippen molar-refractivity contribution in [2.45, 2.75) is 38.6 Å². The number of carbonyl (C=O) groups is 1. The third-order valence-electron chi connectivity index (χ3n) is 2.74. The van der Waals surface area contributed by atoms with Gasteiger partial charge in [0, 0.05) is 19.2 Å². The molecular formula is C10H14N2O2. The van der Waals surface area contributed by atoms with E-state index >= 15 is 0 Å². The van der Waals surface area contributed by atoms with Crippen molar-refractivity contribution in [1.82, 2.24) is 9.55 Å². The Morgan fingerprint density at radius 2 is 2.57 bits per heavy atom. The number of aryl methyl sites for hydroxylation is 2. The lowest BCUT2D eigenvalue weighted by molar-refractivity contribution is -0.138. The van der Waals surface area contributed by atoms with Crippen LogP contribution in [0, 0.1) is 0 Å². The topological polar surface area (TPSA) is 55.1 Å². The number of carboxylic acid groups (broad SMARTS) is 1. The molecular weight excluding hydrogens is 180 g/mol. The van der Waals surface area contributed by atoms with Gasteiger partial charge in [0.25, 0.3) is 0 Å². The minimum absolute atomic E-state index is 0.437. The third kappa shape index (κ3) is 1.41. The SMILES string of the molecule is CCC(C(=O)O)c1cn2c(n1)CCC2. The molecule has 4 nitrogen and oxygen atoms in total. The highest BCUT2D eigenvalue weighted by Gasteiger charge is 2.23. The first-order valence-corrected chi connectivity index (χ1v) is 5.01. The predicted molar refractivity (Wildman–Crippen MR) is 51.2 cm³/mol. The normalized spacial score (nSPS) is 16.6. The molecule has 0 aromatic carbocycles. The van der Waals surface area contributed by atoms with Crippen molar-refractivity contribution >= 4 is 5.97 Å². The number of nitrogens with zero attached hydrogens (tertiary/aromatic N) is 2. The Labute approximate surface area is 82.6 Å². The van der Waals surface area contributed by atoms with Gasteiger partial charge in [0.1, 0.15) is 11.7 Å². The summed E-state index contributed by atoms with van der Waals surface area (Å²) in [6, 6.07) is 0. The molecule has 0 radical (unpaired) electrons. The highest BCUT2D eigenvalue weighted by atomic mass is 16.4. The standard InChI is InChI=1S/C10H14N2O2/c1-2-7(10(13)14)8-6-12-5-3-4-9(12)11-8/h6-7H,2-5H2,1H3,(H,13,14). The summed E-state index contributed by atoms with van der Waals surface area (Å²) in [5.41, 5.74) is 0.717. The number of carboxylic acids is 1. The van der Waals surface area contributed by atoms with Crippen molar-refractivity contribution in [3.8, 4) is 0 Å². The summed E-state index contributed by atoms with van der Waals surface area (Å²) in [7, 11) is 0. The number of rotatable bonds is 3. The van der Waals surface area contributed by atoms with E-state index in [1.165, 1.54) is 0 Å². The zero-order valence-corrected chi connectivity index (χ0v) is 8.23. The molecule has 14 heavy (non-hydrogen) atoms. The molecule has 0 fully saturated rings. The molecule has 1 aliphatic rings. The highest BCUT2D eigenvalue weighted by molar-refractivity contribution is 5.75. The maximum Gasteiger partial charge on any atom is 0.312 e. The van der Waals surface area contributed by atoms with Gasteiger partial charge in [0.15, 0.2) is 0 Å². The van der Waals surface area contributed by atoms with E-state index in [1.54, 1.807) is 0 Å². The average molecular weight is 194 g/mol. The van der Waals surface area contributed by atoms with Crippen LogP contribution >= 0.6 is 0 Å². The number of hydrogen-bond acceptors (Lipinski definition) is 2. The van der Waals surface area contributed by atoms with Crippen molar-refractivity contribution in [3.05, 3.63) is 17.7 Å². The van der Waals surface area contributed by atoms with Crippen molar-refractivity contribution in [3.63, 3.8) is 0 Å². The van der Waals surface area contributed by atoms with Crippen molar-refractivity contribution in [1.29, 1.82) is 0 Å². The monoisotopic (exact) mass is 194 g/mol. The number of imidazole rings is 1. The van der Waals surface area contributed by atoms with Gasteiger partial charge in [-0.1, -0.05) is 6.92 Å². The number of fused-ring (bicyclic) bond motifs is 1. The molecule has 1 aromatic rings. The first kappa shape index (κ1) is 9.24. The molecule has 0 aliphatic carbocycles. The van der Waals surface area contributed by atoms with Gasteiger partial charge >= 0.3 is 5.97 Å². The van der Waals surface area contributed by atoms with Crippen LogP contribution in [-0.4, -0.2) is 20.6 Å². The zero-order chi connectivity index (χ0) is 10.1. The number of hydrogen-bond donors (Lipinski definition) is 1.